The van der Waals surface area contributed by atoms with Crippen LogP contribution >= 0.6 is 0 Å². The van der Waals surface area contributed by atoms with Gasteiger partial charge in [0.15, 0.2) is 6.29 Å². The Morgan fingerprint density at radius 2 is 2.05 bits per heavy atom. The fourth-order valence-corrected chi connectivity index (χ4v) is 2.14. The van der Waals surface area contributed by atoms with Crippen LogP contribution in [0.5, 0.6) is 0 Å². The summed E-state index contributed by atoms with van der Waals surface area (Å²) in [6.07, 6.45) is -2.04. The molecule has 1 fully saturated rings. The highest BCUT2D eigenvalue weighted by molar-refractivity contribution is 5.73. The minimum absolute atomic E-state index is 0.273. The van der Waals surface area contributed by atoms with Gasteiger partial charge in [0, 0.05) is 20.0 Å². The molecule has 122 valence electrons. The third kappa shape index (κ3) is 5.33. The second-order valence-electron chi connectivity index (χ2n) is 4.97. The summed E-state index contributed by atoms with van der Waals surface area (Å²) in [5.74, 6) is -0.396. The number of amides is 1. The van der Waals surface area contributed by atoms with E-state index in [0.29, 0.717) is 19.3 Å². The minimum Gasteiger partial charge on any atom is -0.394 e. The summed E-state index contributed by atoms with van der Waals surface area (Å²) in [5.41, 5.74) is 0. The van der Waals surface area contributed by atoms with E-state index in [0.717, 1.165) is 6.29 Å². The van der Waals surface area contributed by atoms with Crippen LogP contribution in [0, 0.1) is 0 Å². The van der Waals surface area contributed by atoms with E-state index in [9.17, 15) is 19.8 Å². The molecule has 0 aromatic carbocycles. The van der Waals surface area contributed by atoms with E-state index in [1.165, 1.54) is 6.92 Å². The second kappa shape index (κ2) is 9.06. The van der Waals surface area contributed by atoms with Gasteiger partial charge in [-0.15, -0.1) is 0 Å². The van der Waals surface area contributed by atoms with Crippen molar-refractivity contribution < 1.29 is 34.4 Å². The highest BCUT2D eigenvalue weighted by Crippen LogP contribution is 2.22. The molecule has 1 heterocycles. The maximum atomic E-state index is 11.2. The number of carbonyl (C=O) groups excluding carboxylic acids is 2. The number of aldehydes is 1. The van der Waals surface area contributed by atoms with Crippen LogP contribution in [0.15, 0.2) is 0 Å². The molecule has 0 aliphatic carbocycles. The quantitative estimate of drug-likeness (QED) is 0.311. The first-order chi connectivity index (χ1) is 10.0. The van der Waals surface area contributed by atoms with Gasteiger partial charge in [0.2, 0.25) is 5.91 Å². The maximum Gasteiger partial charge on any atom is 0.217 e. The van der Waals surface area contributed by atoms with Crippen molar-refractivity contribution in [3.05, 3.63) is 0 Å². The number of aliphatic hydroxyl groups is 3. The fourth-order valence-electron chi connectivity index (χ4n) is 2.14. The van der Waals surface area contributed by atoms with Gasteiger partial charge in [0.25, 0.3) is 0 Å². The number of carbonyl (C=O) groups is 2. The predicted molar refractivity (Wildman–Crippen MR) is 71.2 cm³/mol. The molecule has 4 N–H and O–H groups in total. The Labute approximate surface area is 123 Å². The maximum absolute atomic E-state index is 11.2. The SMILES string of the molecule is CC(=O)NC1C(O)C(O)C(CO)O[C@H]1OCCCCC=O. The van der Waals surface area contributed by atoms with E-state index >= 15 is 0 Å². The lowest BCUT2D eigenvalue weighted by Crippen LogP contribution is -2.64. The first-order valence-electron chi connectivity index (χ1n) is 6.96. The Bertz CT molecular complexity index is 338. The number of unbranched alkanes of at least 4 members (excludes halogenated alkanes) is 2. The lowest BCUT2D eigenvalue weighted by molar-refractivity contribution is -0.270. The van der Waals surface area contributed by atoms with E-state index in [2.05, 4.69) is 5.32 Å². The van der Waals surface area contributed by atoms with Crippen LogP contribution < -0.4 is 5.32 Å². The van der Waals surface area contributed by atoms with Crippen LogP contribution in [-0.2, 0) is 19.1 Å². The van der Waals surface area contributed by atoms with Gasteiger partial charge >= 0.3 is 0 Å². The van der Waals surface area contributed by atoms with Crippen molar-refractivity contribution >= 4 is 12.2 Å². The van der Waals surface area contributed by atoms with Crippen LogP contribution in [0.4, 0.5) is 0 Å². The molecule has 4 unspecified atom stereocenters. The third-order valence-electron chi connectivity index (χ3n) is 3.25. The van der Waals surface area contributed by atoms with Gasteiger partial charge in [-0.05, 0) is 12.8 Å². The molecule has 0 saturated carbocycles. The van der Waals surface area contributed by atoms with Crippen LogP contribution in [-0.4, -0.2) is 71.4 Å². The number of nitrogens with one attached hydrogen (secondary N) is 1. The van der Waals surface area contributed by atoms with E-state index in [4.69, 9.17) is 14.6 Å². The summed E-state index contributed by atoms with van der Waals surface area (Å²) in [5, 5.41) is 31.4. The monoisotopic (exact) mass is 305 g/mol. The lowest BCUT2D eigenvalue weighted by Gasteiger charge is -2.42. The van der Waals surface area contributed by atoms with Crippen molar-refractivity contribution in [2.24, 2.45) is 0 Å². The summed E-state index contributed by atoms with van der Waals surface area (Å²) < 4.78 is 10.8. The van der Waals surface area contributed by atoms with Crippen LogP contribution in [0.1, 0.15) is 26.2 Å². The smallest absolute Gasteiger partial charge is 0.217 e. The zero-order valence-electron chi connectivity index (χ0n) is 12.0. The minimum atomic E-state index is -1.32. The summed E-state index contributed by atoms with van der Waals surface area (Å²) >= 11 is 0. The molecule has 0 radical (unpaired) electrons. The second-order valence-corrected chi connectivity index (χ2v) is 4.97. The van der Waals surface area contributed by atoms with Crippen molar-refractivity contribution in [3.63, 3.8) is 0 Å². The molecular weight excluding hydrogens is 282 g/mol. The molecule has 1 aliphatic heterocycles. The summed E-state index contributed by atoms with van der Waals surface area (Å²) in [6.45, 7) is 1.07. The van der Waals surface area contributed by atoms with Crippen molar-refractivity contribution in [2.75, 3.05) is 13.2 Å². The molecule has 0 bridgehead atoms. The number of rotatable bonds is 8. The standard InChI is InChI=1S/C13H23NO7/c1-8(17)14-10-12(19)11(18)9(7-16)21-13(10)20-6-4-2-3-5-15/h5,9-13,16,18-19H,2-4,6-7H2,1H3,(H,14,17)/t9?,10?,11?,12?,13-/m1/s1. The molecule has 8 nitrogen and oxygen atoms in total. The molecule has 1 aliphatic rings. The highest BCUT2D eigenvalue weighted by Gasteiger charge is 2.45. The van der Waals surface area contributed by atoms with Crippen LogP contribution in [0.3, 0.4) is 0 Å². The molecule has 1 amide bonds. The highest BCUT2D eigenvalue weighted by atomic mass is 16.7. The van der Waals surface area contributed by atoms with Gasteiger partial charge in [0.1, 0.15) is 30.6 Å². The van der Waals surface area contributed by atoms with Crippen molar-refractivity contribution in [1.82, 2.24) is 5.32 Å². The zero-order valence-corrected chi connectivity index (χ0v) is 12.0. The Kier molecular flexibility index (Phi) is 7.76. The van der Waals surface area contributed by atoms with Crippen molar-refractivity contribution in [2.45, 2.75) is 56.8 Å². The van der Waals surface area contributed by atoms with Gasteiger partial charge in [-0.25, -0.2) is 0 Å². The molecule has 0 aromatic heterocycles. The Morgan fingerprint density at radius 1 is 1.33 bits per heavy atom. The van der Waals surface area contributed by atoms with Crippen molar-refractivity contribution in [1.29, 1.82) is 0 Å². The summed E-state index contributed by atoms with van der Waals surface area (Å²) in [4.78, 5) is 21.4. The van der Waals surface area contributed by atoms with E-state index in [1.807, 2.05) is 0 Å². The molecule has 1 saturated heterocycles. The first-order valence-corrected chi connectivity index (χ1v) is 6.96. The summed E-state index contributed by atoms with van der Waals surface area (Å²) in [7, 11) is 0. The first kappa shape index (κ1) is 18.0. The average molecular weight is 305 g/mol. The van der Waals surface area contributed by atoms with Crippen molar-refractivity contribution in [3.8, 4) is 0 Å². The Morgan fingerprint density at radius 3 is 2.62 bits per heavy atom. The van der Waals surface area contributed by atoms with Crippen LogP contribution in [0.25, 0.3) is 0 Å². The zero-order chi connectivity index (χ0) is 15.8. The summed E-state index contributed by atoms with van der Waals surface area (Å²) in [6, 6.07) is -0.925. The Hall–Kier alpha value is -1.06. The average Bonchev–Trinajstić information content (AvgIpc) is 2.45. The molecule has 0 aromatic rings. The number of hydrogen-bond acceptors (Lipinski definition) is 7. The van der Waals surface area contributed by atoms with Gasteiger partial charge in [0.05, 0.1) is 6.61 Å². The number of aliphatic hydroxyl groups excluding tert-OH is 3. The molecular formula is C13H23NO7. The number of ether oxygens (including phenoxy) is 2. The van der Waals surface area contributed by atoms with Gasteiger partial charge in [-0.1, -0.05) is 0 Å². The molecule has 0 spiro atoms. The molecule has 8 heteroatoms. The molecule has 1 rings (SSSR count). The fraction of sp³-hybridized carbons (Fsp3) is 0.846. The van der Waals surface area contributed by atoms with E-state index < -0.39 is 43.2 Å². The normalized spacial score (nSPS) is 32.7. The molecule has 5 atom stereocenters. The van der Waals surface area contributed by atoms with E-state index in [1.54, 1.807) is 0 Å². The van der Waals surface area contributed by atoms with Crippen LogP contribution in [0.2, 0.25) is 0 Å². The number of hydrogen-bond donors (Lipinski definition) is 4. The van der Waals surface area contributed by atoms with Gasteiger partial charge in [-0.2, -0.15) is 0 Å². The van der Waals surface area contributed by atoms with Gasteiger partial charge in [-0.3, -0.25) is 4.79 Å². The predicted octanol–water partition coefficient (Wildman–Crippen LogP) is -1.68. The molecule has 21 heavy (non-hydrogen) atoms. The Balaban J connectivity index is 2.60. The largest absolute Gasteiger partial charge is 0.394 e. The van der Waals surface area contributed by atoms with Gasteiger partial charge < -0.3 is 34.9 Å². The lowest BCUT2D eigenvalue weighted by atomic mass is 9.97. The topological polar surface area (TPSA) is 125 Å². The third-order valence-corrected chi connectivity index (χ3v) is 3.25. The van der Waals surface area contributed by atoms with E-state index in [-0.39, 0.29) is 6.61 Å².